The SMILES string of the molecule is COc1ccc(CN(C)C(=O)CN2CC=C(c3ccccc3)CC2)cc1. The Labute approximate surface area is 155 Å². The van der Waals surface area contributed by atoms with E-state index in [0.29, 0.717) is 13.1 Å². The molecule has 0 aliphatic carbocycles. The van der Waals surface area contributed by atoms with Crippen LogP contribution in [0.4, 0.5) is 0 Å². The third kappa shape index (κ3) is 4.73. The fourth-order valence-corrected chi connectivity index (χ4v) is 3.17. The highest BCUT2D eigenvalue weighted by molar-refractivity contribution is 5.78. The maximum atomic E-state index is 12.5. The molecule has 0 aromatic heterocycles. The molecule has 0 saturated carbocycles. The van der Waals surface area contributed by atoms with Crippen LogP contribution in [0.5, 0.6) is 5.75 Å². The lowest BCUT2D eigenvalue weighted by atomic mass is 9.99. The van der Waals surface area contributed by atoms with Gasteiger partial charge < -0.3 is 9.64 Å². The van der Waals surface area contributed by atoms with Crippen LogP contribution in [-0.4, -0.2) is 49.5 Å². The highest BCUT2D eigenvalue weighted by Crippen LogP contribution is 2.22. The summed E-state index contributed by atoms with van der Waals surface area (Å²) >= 11 is 0. The van der Waals surface area contributed by atoms with Gasteiger partial charge in [-0.1, -0.05) is 48.5 Å². The summed E-state index contributed by atoms with van der Waals surface area (Å²) in [5, 5.41) is 0. The predicted octanol–water partition coefficient (Wildman–Crippen LogP) is 3.44. The minimum atomic E-state index is 0.150. The Kier molecular flexibility index (Phi) is 6.08. The molecule has 0 saturated heterocycles. The molecule has 1 aliphatic rings. The van der Waals surface area contributed by atoms with Gasteiger partial charge in [0, 0.05) is 26.7 Å². The highest BCUT2D eigenvalue weighted by atomic mass is 16.5. The Balaban J connectivity index is 1.51. The van der Waals surface area contributed by atoms with Gasteiger partial charge in [0.15, 0.2) is 0 Å². The van der Waals surface area contributed by atoms with Crippen LogP contribution in [0.1, 0.15) is 17.5 Å². The molecule has 2 aromatic carbocycles. The number of hydrogen-bond acceptors (Lipinski definition) is 3. The van der Waals surface area contributed by atoms with Crippen molar-refractivity contribution >= 4 is 11.5 Å². The normalized spacial score (nSPS) is 14.6. The van der Waals surface area contributed by atoms with E-state index in [2.05, 4.69) is 35.2 Å². The van der Waals surface area contributed by atoms with Crippen molar-refractivity contribution in [1.82, 2.24) is 9.80 Å². The van der Waals surface area contributed by atoms with E-state index in [1.54, 1.807) is 12.0 Å². The Morgan fingerprint density at radius 3 is 2.46 bits per heavy atom. The first kappa shape index (κ1) is 18.2. The van der Waals surface area contributed by atoms with Crippen molar-refractivity contribution in [1.29, 1.82) is 0 Å². The van der Waals surface area contributed by atoms with Gasteiger partial charge >= 0.3 is 0 Å². The number of nitrogens with zero attached hydrogens (tertiary/aromatic N) is 2. The lowest BCUT2D eigenvalue weighted by Gasteiger charge is -2.28. The summed E-state index contributed by atoms with van der Waals surface area (Å²) in [6.07, 6.45) is 3.23. The summed E-state index contributed by atoms with van der Waals surface area (Å²) in [6, 6.07) is 18.3. The largest absolute Gasteiger partial charge is 0.497 e. The maximum Gasteiger partial charge on any atom is 0.236 e. The first-order valence-corrected chi connectivity index (χ1v) is 8.99. The monoisotopic (exact) mass is 350 g/mol. The summed E-state index contributed by atoms with van der Waals surface area (Å²) in [6.45, 7) is 2.82. The molecule has 0 spiro atoms. The van der Waals surface area contributed by atoms with Crippen molar-refractivity contribution in [3.05, 3.63) is 71.8 Å². The number of carbonyl (C=O) groups excluding carboxylic acids is 1. The van der Waals surface area contributed by atoms with E-state index in [0.717, 1.165) is 30.8 Å². The van der Waals surface area contributed by atoms with Crippen molar-refractivity contribution in [3.63, 3.8) is 0 Å². The molecule has 1 heterocycles. The Bertz CT molecular complexity index is 753. The molecular formula is C22H26N2O2. The second-order valence-corrected chi connectivity index (χ2v) is 6.68. The summed E-state index contributed by atoms with van der Waals surface area (Å²) < 4.78 is 5.17. The second-order valence-electron chi connectivity index (χ2n) is 6.68. The molecule has 0 atom stereocenters. The van der Waals surface area contributed by atoms with E-state index < -0.39 is 0 Å². The zero-order chi connectivity index (χ0) is 18.4. The van der Waals surface area contributed by atoms with Gasteiger partial charge in [-0.2, -0.15) is 0 Å². The van der Waals surface area contributed by atoms with Crippen molar-refractivity contribution in [2.75, 3.05) is 33.8 Å². The van der Waals surface area contributed by atoms with Crippen LogP contribution in [0.25, 0.3) is 5.57 Å². The van der Waals surface area contributed by atoms with Gasteiger partial charge in [-0.15, -0.1) is 0 Å². The van der Waals surface area contributed by atoms with Crippen LogP contribution in [0, 0.1) is 0 Å². The molecule has 3 rings (SSSR count). The molecule has 136 valence electrons. The summed E-state index contributed by atoms with van der Waals surface area (Å²) in [5.41, 5.74) is 3.77. The van der Waals surface area contributed by atoms with Gasteiger partial charge in [-0.25, -0.2) is 0 Å². The Hall–Kier alpha value is -2.59. The average Bonchev–Trinajstić information content (AvgIpc) is 2.70. The highest BCUT2D eigenvalue weighted by Gasteiger charge is 2.18. The maximum absolute atomic E-state index is 12.5. The number of likely N-dealkylation sites (N-methyl/N-ethyl adjacent to an activating group) is 1. The van der Waals surface area contributed by atoms with Crippen LogP contribution < -0.4 is 4.74 Å². The zero-order valence-corrected chi connectivity index (χ0v) is 15.5. The third-order valence-electron chi connectivity index (χ3n) is 4.80. The molecule has 0 N–H and O–H groups in total. The molecule has 0 radical (unpaired) electrons. The summed E-state index contributed by atoms with van der Waals surface area (Å²) in [5.74, 6) is 0.981. The first-order chi connectivity index (χ1) is 12.7. The molecular weight excluding hydrogens is 324 g/mol. The summed E-state index contributed by atoms with van der Waals surface area (Å²) in [7, 11) is 3.52. The molecule has 4 heteroatoms. The van der Waals surface area contributed by atoms with Crippen molar-refractivity contribution in [3.8, 4) is 5.75 Å². The third-order valence-corrected chi connectivity index (χ3v) is 4.80. The zero-order valence-electron chi connectivity index (χ0n) is 15.5. The quantitative estimate of drug-likeness (QED) is 0.800. The van der Waals surface area contributed by atoms with Crippen LogP contribution in [0.3, 0.4) is 0 Å². The number of hydrogen-bond donors (Lipinski definition) is 0. The molecule has 1 amide bonds. The van der Waals surface area contributed by atoms with E-state index >= 15 is 0 Å². The lowest BCUT2D eigenvalue weighted by Crippen LogP contribution is -2.39. The molecule has 26 heavy (non-hydrogen) atoms. The van der Waals surface area contributed by atoms with Crippen LogP contribution in [0.2, 0.25) is 0 Å². The number of amides is 1. The topological polar surface area (TPSA) is 32.8 Å². The van der Waals surface area contributed by atoms with Gasteiger partial charge in [-0.3, -0.25) is 9.69 Å². The van der Waals surface area contributed by atoms with Gasteiger partial charge in [-0.05, 0) is 35.3 Å². The average molecular weight is 350 g/mol. The smallest absolute Gasteiger partial charge is 0.236 e. The van der Waals surface area contributed by atoms with Crippen LogP contribution in [-0.2, 0) is 11.3 Å². The van der Waals surface area contributed by atoms with E-state index in [9.17, 15) is 4.79 Å². The Morgan fingerprint density at radius 1 is 1.12 bits per heavy atom. The lowest BCUT2D eigenvalue weighted by molar-refractivity contribution is -0.131. The molecule has 0 bridgehead atoms. The number of benzene rings is 2. The second kappa shape index (κ2) is 8.68. The van der Waals surface area contributed by atoms with E-state index in [1.165, 1.54) is 11.1 Å². The number of rotatable bonds is 6. The minimum absolute atomic E-state index is 0.150. The van der Waals surface area contributed by atoms with Crippen molar-refractivity contribution in [2.24, 2.45) is 0 Å². The van der Waals surface area contributed by atoms with Crippen molar-refractivity contribution < 1.29 is 9.53 Å². The molecule has 2 aromatic rings. The standard InChI is InChI=1S/C22H26N2O2/c1-23(16-18-8-10-21(26-2)11-9-18)22(25)17-24-14-12-20(13-15-24)19-6-4-3-5-7-19/h3-12H,13-17H2,1-2H3. The summed E-state index contributed by atoms with van der Waals surface area (Å²) in [4.78, 5) is 16.5. The van der Waals surface area contributed by atoms with Gasteiger partial charge in [0.2, 0.25) is 5.91 Å². The molecule has 4 nitrogen and oxygen atoms in total. The molecule has 1 aliphatic heterocycles. The van der Waals surface area contributed by atoms with Crippen LogP contribution in [0.15, 0.2) is 60.7 Å². The Morgan fingerprint density at radius 2 is 1.85 bits per heavy atom. The number of ether oxygens (including phenoxy) is 1. The van der Waals surface area contributed by atoms with E-state index in [1.807, 2.05) is 37.4 Å². The van der Waals surface area contributed by atoms with Gasteiger partial charge in [0.25, 0.3) is 0 Å². The van der Waals surface area contributed by atoms with E-state index in [4.69, 9.17) is 4.74 Å². The van der Waals surface area contributed by atoms with Crippen LogP contribution >= 0.6 is 0 Å². The fourth-order valence-electron chi connectivity index (χ4n) is 3.17. The molecule has 0 unspecified atom stereocenters. The fraction of sp³-hybridized carbons (Fsp3) is 0.318. The van der Waals surface area contributed by atoms with Crippen molar-refractivity contribution in [2.45, 2.75) is 13.0 Å². The van der Waals surface area contributed by atoms with Gasteiger partial charge in [0.1, 0.15) is 5.75 Å². The van der Waals surface area contributed by atoms with E-state index in [-0.39, 0.29) is 5.91 Å². The number of carbonyl (C=O) groups is 1. The molecule has 0 fully saturated rings. The van der Waals surface area contributed by atoms with Gasteiger partial charge in [0.05, 0.1) is 13.7 Å². The first-order valence-electron chi connectivity index (χ1n) is 8.99. The predicted molar refractivity (Wildman–Crippen MR) is 105 cm³/mol. The minimum Gasteiger partial charge on any atom is -0.497 e. The number of methoxy groups -OCH3 is 1.